The smallest absolute Gasteiger partial charge is 0.293 e. The van der Waals surface area contributed by atoms with Crippen molar-refractivity contribution in [1.82, 2.24) is 19.6 Å². The van der Waals surface area contributed by atoms with E-state index in [0.29, 0.717) is 67.3 Å². The van der Waals surface area contributed by atoms with Crippen molar-refractivity contribution in [2.24, 2.45) is 0 Å². The minimum atomic E-state index is -4.60. The first-order chi connectivity index (χ1) is 32.4. The van der Waals surface area contributed by atoms with Crippen LogP contribution in [0.1, 0.15) is 55.5 Å². The number of nitrogens with one attached hydrogen (secondary N) is 3. The quantitative estimate of drug-likeness (QED) is 0.0730. The Hall–Kier alpha value is -5.76. The number of nitrogens with zero attached hydrogens (tertiary/aromatic N) is 5. The number of nitro benzene ring substituents is 1. The maximum absolute atomic E-state index is 14.4. The zero-order valence-corrected chi connectivity index (χ0v) is 39.1. The van der Waals surface area contributed by atoms with Crippen molar-refractivity contribution in [3.63, 3.8) is 0 Å². The second-order valence-electron chi connectivity index (χ2n) is 17.5. The summed E-state index contributed by atoms with van der Waals surface area (Å²) in [6.07, 6.45) is 5.15. The Morgan fingerprint density at radius 1 is 1.00 bits per heavy atom. The Bertz CT molecular complexity index is 2750. The number of carbonyl (C=O) groups is 1. The second kappa shape index (κ2) is 20.2. The molecule has 19 heteroatoms. The van der Waals surface area contributed by atoms with Crippen LogP contribution in [0.3, 0.4) is 0 Å². The van der Waals surface area contributed by atoms with Crippen LogP contribution in [0.25, 0.3) is 16.6 Å². The summed E-state index contributed by atoms with van der Waals surface area (Å²) in [7, 11) is -4.60. The highest BCUT2D eigenvalue weighted by Gasteiger charge is 2.31. The summed E-state index contributed by atoms with van der Waals surface area (Å²) >= 11 is 6.29. The van der Waals surface area contributed by atoms with Crippen molar-refractivity contribution in [2.75, 3.05) is 87.4 Å². The van der Waals surface area contributed by atoms with Crippen LogP contribution >= 0.6 is 11.6 Å². The van der Waals surface area contributed by atoms with Gasteiger partial charge in [-0.1, -0.05) is 29.3 Å². The lowest BCUT2D eigenvalue weighted by Crippen LogP contribution is -2.47. The van der Waals surface area contributed by atoms with Gasteiger partial charge >= 0.3 is 0 Å². The molecule has 4 aliphatic rings. The van der Waals surface area contributed by atoms with Crippen LogP contribution in [0.15, 0.2) is 89.5 Å². The van der Waals surface area contributed by atoms with Gasteiger partial charge in [-0.05, 0) is 105 Å². The summed E-state index contributed by atoms with van der Waals surface area (Å²) < 4.78 is 53.5. The van der Waals surface area contributed by atoms with Crippen LogP contribution in [0.4, 0.5) is 28.4 Å². The van der Waals surface area contributed by atoms with E-state index in [-0.39, 0.29) is 36.1 Å². The number of ether oxygens (including phenoxy) is 4. The number of aromatic nitrogens is 2. The van der Waals surface area contributed by atoms with E-state index in [0.717, 1.165) is 69.1 Å². The van der Waals surface area contributed by atoms with Gasteiger partial charge in [0.1, 0.15) is 17.0 Å². The highest BCUT2D eigenvalue weighted by molar-refractivity contribution is 7.90. The monoisotopic (exact) mass is 954 g/mol. The van der Waals surface area contributed by atoms with Crippen LogP contribution in [-0.4, -0.2) is 125 Å². The molecule has 0 unspecified atom stereocenters. The summed E-state index contributed by atoms with van der Waals surface area (Å²) in [6, 6.07) is 20.8. The van der Waals surface area contributed by atoms with E-state index in [2.05, 4.69) is 50.8 Å². The molecule has 1 amide bonds. The lowest BCUT2D eigenvalue weighted by molar-refractivity contribution is -0.384. The van der Waals surface area contributed by atoms with Gasteiger partial charge in [0, 0.05) is 74.2 Å². The number of benzene rings is 3. The number of amides is 1. The standard InChI is InChI=1S/C48H55ClN8O9S/c1-31(2)66-37-10-6-34(41(26-37)32-4-7-35(49)8-5-32)29-54-17-19-55(20-18-54)36-9-12-40(43(25-36)56-16-3-21-65-48-45(56)24-33-14-15-50-46(33)52-48)47(58)53-67(61,62)39-11-13-42(44(27-39)57(59)60)51-28-38-30-63-22-23-64-38/h4-5,7-9,11-15,24-25,27,31,37-38,51H,3,6,10,16-23,26,28-30H2,1-2H3,(H,50,52)(H,53,58)/t37-,38+/m1/s1. The molecular weight excluding hydrogens is 900 g/mol. The molecule has 2 fully saturated rings. The Morgan fingerprint density at radius 3 is 2.58 bits per heavy atom. The molecule has 17 nitrogen and oxygen atoms in total. The molecule has 0 bridgehead atoms. The molecule has 0 saturated carbocycles. The summed E-state index contributed by atoms with van der Waals surface area (Å²) in [5.74, 6) is -0.516. The number of rotatable bonds is 14. The first-order valence-electron chi connectivity index (χ1n) is 22.8. The summed E-state index contributed by atoms with van der Waals surface area (Å²) in [6.45, 7) is 10.3. The fraction of sp³-hybridized carbons (Fsp3) is 0.417. The van der Waals surface area contributed by atoms with E-state index in [9.17, 15) is 23.3 Å². The van der Waals surface area contributed by atoms with Crippen molar-refractivity contribution in [1.29, 1.82) is 0 Å². The second-order valence-corrected chi connectivity index (χ2v) is 19.6. The van der Waals surface area contributed by atoms with Gasteiger partial charge in [0.25, 0.3) is 21.6 Å². The number of piperazine rings is 1. The molecule has 3 aromatic carbocycles. The lowest BCUT2D eigenvalue weighted by atomic mass is 9.85. The molecule has 1 aliphatic carbocycles. The first-order valence-corrected chi connectivity index (χ1v) is 24.7. The molecule has 2 aromatic heterocycles. The minimum absolute atomic E-state index is 0.0918. The molecule has 67 heavy (non-hydrogen) atoms. The number of carbonyl (C=O) groups excluding carboxylic acids is 1. The van der Waals surface area contributed by atoms with Gasteiger partial charge < -0.3 is 39.0 Å². The third kappa shape index (κ3) is 10.7. The van der Waals surface area contributed by atoms with Crippen molar-refractivity contribution in [2.45, 2.75) is 62.7 Å². The third-order valence-corrected chi connectivity index (χ3v) is 14.2. The Kier molecular flexibility index (Phi) is 14.0. The average Bonchev–Trinajstić information content (AvgIpc) is 3.69. The van der Waals surface area contributed by atoms with E-state index < -0.39 is 31.4 Å². The molecule has 2 saturated heterocycles. The summed E-state index contributed by atoms with van der Waals surface area (Å²) in [4.78, 5) is 40.1. The Morgan fingerprint density at radius 2 is 1.82 bits per heavy atom. The highest BCUT2D eigenvalue weighted by atomic mass is 35.5. The number of halogens is 1. The van der Waals surface area contributed by atoms with Gasteiger partial charge in [0.2, 0.25) is 5.88 Å². The molecule has 5 aromatic rings. The third-order valence-electron chi connectivity index (χ3n) is 12.6. The van der Waals surface area contributed by atoms with Gasteiger partial charge in [-0.25, -0.2) is 13.1 Å². The van der Waals surface area contributed by atoms with E-state index in [4.69, 9.17) is 35.5 Å². The Labute approximate surface area is 394 Å². The zero-order chi connectivity index (χ0) is 46.7. The number of nitro groups is 1. The molecule has 0 spiro atoms. The first kappa shape index (κ1) is 46.4. The molecule has 3 aliphatic heterocycles. The van der Waals surface area contributed by atoms with Crippen molar-refractivity contribution < 1.29 is 37.1 Å². The van der Waals surface area contributed by atoms with Crippen molar-refractivity contribution in [3.8, 4) is 5.88 Å². The maximum atomic E-state index is 14.4. The van der Waals surface area contributed by atoms with Crippen LogP contribution in [0.2, 0.25) is 5.02 Å². The number of aromatic amines is 1. The number of anilines is 4. The Balaban J connectivity index is 0.978. The largest absolute Gasteiger partial charge is 0.476 e. The fourth-order valence-corrected chi connectivity index (χ4v) is 10.4. The van der Waals surface area contributed by atoms with Crippen molar-refractivity contribution >= 4 is 72.6 Å². The van der Waals surface area contributed by atoms with E-state index in [1.807, 2.05) is 41.3 Å². The highest BCUT2D eigenvalue weighted by Crippen LogP contribution is 2.41. The summed E-state index contributed by atoms with van der Waals surface area (Å²) in [5.41, 5.74) is 6.27. The zero-order valence-electron chi connectivity index (χ0n) is 37.5. The van der Waals surface area contributed by atoms with E-state index in [1.54, 1.807) is 12.3 Å². The molecule has 3 N–H and O–H groups in total. The number of sulfonamides is 1. The van der Waals surface area contributed by atoms with Crippen LogP contribution in [0, 0.1) is 10.1 Å². The van der Waals surface area contributed by atoms with Gasteiger partial charge in [-0.2, -0.15) is 4.98 Å². The van der Waals surface area contributed by atoms with Crippen molar-refractivity contribution in [3.05, 3.63) is 111 Å². The number of H-pyrrole nitrogens is 1. The van der Waals surface area contributed by atoms with Gasteiger partial charge in [-0.15, -0.1) is 0 Å². The van der Waals surface area contributed by atoms with Crippen LogP contribution in [-0.2, 0) is 24.2 Å². The normalized spacial score (nSPS) is 19.5. The van der Waals surface area contributed by atoms with Crippen LogP contribution in [0.5, 0.6) is 5.88 Å². The lowest BCUT2D eigenvalue weighted by Gasteiger charge is -2.38. The molecule has 354 valence electrons. The SMILES string of the molecule is CC(C)O[C@@H]1CCC(CN2CCN(c3ccc(C(=O)NS(=O)(=O)c4ccc(NC[C@H]5COCCO5)c([N+](=O)[O-])c4)c(N4CCCOc5nc6[nH]ccc6cc54)c3)CC2)=C(c2ccc(Cl)cc2)C1. The number of fused-ring (bicyclic) bond motifs is 2. The minimum Gasteiger partial charge on any atom is -0.476 e. The molecule has 9 rings (SSSR count). The predicted molar refractivity (Wildman–Crippen MR) is 257 cm³/mol. The van der Waals surface area contributed by atoms with E-state index >= 15 is 0 Å². The fourth-order valence-electron chi connectivity index (χ4n) is 9.28. The number of pyridine rings is 1. The number of hydrogen-bond donors (Lipinski definition) is 3. The maximum Gasteiger partial charge on any atom is 0.293 e. The van der Waals surface area contributed by atoms with Gasteiger partial charge in [0.15, 0.2) is 0 Å². The van der Waals surface area contributed by atoms with Gasteiger partial charge in [0.05, 0.1) is 65.8 Å². The number of hydrogen-bond acceptors (Lipinski definition) is 14. The van der Waals surface area contributed by atoms with E-state index in [1.165, 1.54) is 28.8 Å². The molecule has 5 heterocycles. The molecule has 0 radical (unpaired) electrons. The predicted octanol–water partition coefficient (Wildman–Crippen LogP) is 7.54. The molecule has 2 atom stereocenters. The van der Waals surface area contributed by atoms with Gasteiger partial charge in [-0.3, -0.25) is 19.8 Å². The topological polar surface area (TPSA) is 194 Å². The van der Waals surface area contributed by atoms with Crippen LogP contribution < -0.4 is 24.6 Å². The average molecular weight is 956 g/mol. The summed E-state index contributed by atoms with van der Waals surface area (Å²) in [5, 5.41) is 16.7. The molecular formula is C48H55ClN8O9S.